The van der Waals surface area contributed by atoms with Gasteiger partial charge in [0.15, 0.2) is 0 Å². The van der Waals surface area contributed by atoms with Crippen molar-refractivity contribution in [2.75, 3.05) is 60.0 Å². The van der Waals surface area contributed by atoms with Crippen LogP contribution in [0.15, 0.2) is 0 Å². The molecule has 9 nitrogen and oxygen atoms in total. The van der Waals surface area contributed by atoms with E-state index in [9.17, 15) is 0 Å². The molecule has 0 radical (unpaired) electrons. The van der Waals surface area contributed by atoms with Gasteiger partial charge in [0.25, 0.3) is 0 Å². The quantitative estimate of drug-likeness (QED) is 0.325. The average molecular weight is 306 g/mol. The number of hydrogen-bond acceptors (Lipinski definition) is 7. The summed E-state index contributed by atoms with van der Waals surface area (Å²) in [5.41, 5.74) is 0. The molecule has 0 unspecified atom stereocenters. The fourth-order valence-electron chi connectivity index (χ4n) is 0.749. The Bertz CT molecular complexity index is 234. The lowest BCUT2D eigenvalue weighted by Gasteiger charge is -2.05. The van der Waals surface area contributed by atoms with Gasteiger partial charge in [-0.1, -0.05) is 0 Å². The van der Waals surface area contributed by atoms with Crippen LogP contribution in [0.5, 0.6) is 0 Å². The van der Waals surface area contributed by atoms with E-state index in [2.05, 4.69) is 0 Å². The second-order valence-corrected chi connectivity index (χ2v) is 3.90. The van der Waals surface area contributed by atoms with E-state index < -0.39 is 10.4 Å². The summed E-state index contributed by atoms with van der Waals surface area (Å²) in [5.74, 6) is 0. The lowest BCUT2D eigenvalue weighted by atomic mass is 10.7. The molecule has 0 atom stereocenters. The Labute approximate surface area is 113 Å². The minimum atomic E-state index is -4.67. The second-order valence-electron chi connectivity index (χ2n) is 3.00. The topological polar surface area (TPSA) is 132 Å². The smallest absolute Gasteiger partial charge is 0.394 e. The molecule has 0 aliphatic carbocycles. The fourth-order valence-corrected chi connectivity index (χ4v) is 0.749. The minimum Gasteiger partial charge on any atom is -0.394 e. The van der Waals surface area contributed by atoms with Crippen molar-refractivity contribution in [3.63, 3.8) is 0 Å². The van der Waals surface area contributed by atoms with Gasteiger partial charge in [-0.15, -0.1) is 0 Å². The van der Waals surface area contributed by atoms with E-state index in [1.54, 1.807) is 7.11 Å². The molecule has 0 aliphatic rings. The Kier molecular flexibility index (Phi) is 17.4. The highest BCUT2D eigenvalue weighted by Gasteiger charge is 1.90. The molecule has 0 aromatic carbocycles. The van der Waals surface area contributed by atoms with Crippen LogP contribution in [0.2, 0.25) is 0 Å². The number of ether oxygens (including phenoxy) is 4. The first-order valence-corrected chi connectivity index (χ1v) is 6.84. The largest absolute Gasteiger partial charge is 0.394 e. The lowest BCUT2D eigenvalue weighted by molar-refractivity contribution is -0.000973. The van der Waals surface area contributed by atoms with Crippen LogP contribution in [0.4, 0.5) is 0 Å². The van der Waals surface area contributed by atoms with Gasteiger partial charge >= 0.3 is 10.4 Å². The van der Waals surface area contributed by atoms with Crippen LogP contribution in [0.1, 0.15) is 0 Å². The van der Waals surface area contributed by atoms with Crippen LogP contribution in [0.3, 0.4) is 0 Å². The third kappa shape index (κ3) is 38.1. The third-order valence-corrected chi connectivity index (χ3v) is 1.41. The standard InChI is InChI=1S/C9H20O5.H2O4S/c1-11-4-5-13-8-9-14-7-6-12-3-2-10;1-5(2,3)4/h10H,2-9H2,1H3;(H2,1,2,3,4). The molecule has 0 rings (SSSR count). The molecule has 0 bridgehead atoms. The van der Waals surface area contributed by atoms with E-state index in [0.29, 0.717) is 46.2 Å². The molecule has 0 amide bonds. The van der Waals surface area contributed by atoms with Crippen LogP contribution < -0.4 is 0 Å². The van der Waals surface area contributed by atoms with Crippen molar-refractivity contribution in [3.05, 3.63) is 0 Å². The molecule has 0 heterocycles. The zero-order chi connectivity index (χ0) is 15.0. The van der Waals surface area contributed by atoms with Gasteiger partial charge < -0.3 is 24.1 Å². The summed E-state index contributed by atoms with van der Waals surface area (Å²) < 4.78 is 51.7. The molecule has 10 heteroatoms. The van der Waals surface area contributed by atoms with Crippen molar-refractivity contribution >= 4 is 10.4 Å². The predicted octanol–water partition coefficient (Wildman–Crippen LogP) is -0.978. The maximum atomic E-state index is 8.74. The first kappa shape index (κ1) is 21.0. The molecule has 3 N–H and O–H groups in total. The van der Waals surface area contributed by atoms with Gasteiger partial charge in [-0.2, -0.15) is 8.42 Å². The Balaban J connectivity index is 0. The molecule has 0 aromatic rings. The first-order valence-electron chi connectivity index (χ1n) is 5.44. The first-order chi connectivity index (χ1) is 8.91. The van der Waals surface area contributed by atoms with Crippen molar-refractivity contribution < 1.29 is 41.6 Å². The van der Waals surface area contributed by atoms with Crippen LogP contribution in [0, 0.1) is 0 Å². The average Bonchev–Trinajstić information content (AvgIpc) is 2.29. The van der Waals surface area contributed by atoms with E-state index in [4.69, 9.17) is 41.6 Å². The molecule has 0 fully saturated rings. The van der Waals surface area contributed by atoms with Crippen molar-refractivity contribution in [2.24, 2.45) is 0 Å². The van der Waals surface area contributed by atoms with E-state index in [1.807, 2.05) is 0 Å². The highest BCUT2D eigenvalue weighted by atomic mass is 32.3. The highest BCUT2D eigenvalue weighted by molar-refractivity contribution is 7.79. The SMILES string of the molecule is COCCOCCOCCOCCO.O=S(=O)(O)O. The fraction of sp³-hybridized carbons (Fsp3) is 1.00. The number of hydrogen-bond donors (Lipinski definition) is 3. The Morgan fingerprint density at radius 2 is 1.11 bits per heavy atom. The van der Waals surface area contributed by atoms with Crippen molar-refractivity contribution in [1.82, 2.24) is 0 Å². The molecular weight excluding hydrogens is 284 g/mol. The molecule has 0 spiro atoms. The van der Waals surface area contributed by atoms with E-state index in [1.165, 1.54) is 0 Å². The summed E-state index contributed by atoms with van der Waals surface area (Å²) in [7, 11) is -3.03. The van der Waals surface area contributed by atoms with E-state index in [-0.39, 0.29) is 6.61 Å². The van der Waals surface area contributed by atoms with E-state index >= 15 is 0 Å². The summed E-state index contributed by atoms with van der Waals surface area (Å²) in [5, 5.41) is 8.39. The molecule has 19 heavy (non-hydrogen) atoms. The summed E-state index contributed by atoms with van der Waals surface area (Å²) in [4.78, 5) is 0. The van der Waals surface area contributed by atoms with Gasteiger partial charge in [0.05, 0.1) is 52.9 Å². The minimum absolute atomic E-state index is 0.0557. The monoisotopic (exact) mass is 306 g/mol. The number of aliphatic hydroxyl groups excluding tert-OH is 1. The summed E-state index contributed by atoms with van der Waals surface area (Å²) in [6.07, 6.45) is 0. The number of rotatable bonds is 11. The number of aliphatic hydroxyl groups is 1. The van der Waals surface area contributed by atoms with Gasteiger partial charge in [0, 0.05) is 7.11 Å². The summed E-state index contributed by atoms with van der Waals surface area (Å²) in [6.45, 7) is 3.82. The zero-order valence-electron chi connectivity index (χ0n) is 10.9. The third-order valence-electron chi connectivity index (χ3n) is 1.41. The van der Waals surface area contributed by atoms with Gasteiger partial charge in [0.1, 0.15) is 0 Å². The molecule has 0 saturated heterocycles. The zero-order valence-corrected chi connectivity index (χ0v) is 11.7. The Morgan fingerprint density at radius 3 is 1.42 bits per heavy atom. The molecular formula is C9H22O9S. The molecule has 118 valence electrons. The summed E-state index contributed by atoms with van der Waals surface area (Å²) in [6, 6.07) is 0. The van der Waals surface area contributed by atoms with Crippen molar-refractivity contribution in [2.45, 2.75) is 0 Å². The van der Waals surface area contributed by atoms with E-state index in [0.717, 1.165) is 0 Å². The lowest BCUT2D eigenvalue weighted by Crippen LogP contribution is -2.12. The van der Waals surface area contributed by atoms with Crippen LogP contribution in [0.25, 0.3) is 0 Å². The van der Waals surface area contributed by atoms with Gasteiger partial charge in [-0.3, -0.25) is 9.11 Å². The molecule has 0 saturated carbocycles. The van der Waals surface area contributed by atoms with Crippen molar-refractivity contribution in [3.8, 4) is 0 Å². The van der Waals surface area contributed by atoms with Crippen molar-refractivity contribution in [1.29, 1.82) is 0 Å². The van der Waals surface area contributed by atoms with Gasteiger partial charge in [-0.25, -0.2) is 0 Å². The van der Waals surface area contributed by atoms with Gasteiger partial charge in [0.2, 0.25) is 0 Å². The summed E-state index contributed by atoms with van der Waals surface area (Å²) >= 11 is 0. The van der Waals surface area contributed by atoms with Crippen LogP contribution >= 0.6 is 0 Å². The maximum Gasteiger partial charge on any atom is 0.394 e. The predicted molar refractivity (Wildman–Crippen MR) is 65.6 cm³/mol. The normalized spacial score (nSPS) is 10.9. The second kappa shape index (κ2) is 15.7. The maximum absolute atomic E-state index is 8.74. The Morgan fingerprint density at radius 1 is 0.789 bits per heavy atom. The number of methoxy groups -OCH3 is 1. The van der Waals surface area contributed by atoms with Crippen LogP contribution in [-0.2, 0) is 29.3 Å². The van der Waals surface area contributed by atoms with Gasteiger partial charge in [-0.05, 0) is 0 Å². The Hall–Kier alpha value is -0.330. The molecule has 0 aromatic heterocycles. The van der Waals surface area contributed by atoms with Crippen LogP contribution in [-0.4, -0.2) is 82.6 Å². The molecule has 0 aliphatic heterocycles. The highest BCUT2D eigenvalue weighted by Crippen LogP contribution is 1.81.